The summed E-state index contributed by atoms with van der Waals surface area (Å²) in [5, 5.41) is 0. The monoisotopic (exact) mass is 156 g/mol. The van der Waals surface area contributed by atoms with Crippen LogP contribution in [0.15, 0.2) is 24.5 Å². The Hall–Kier alpha value is -1.45. The van der Waals surface area contributed by atoms with Crippen LogP contribution in [0.4, 0.5) is 0 Å². The second-order valence-corrected chi connectivity index (χ2v) is 1.73. The summed E-state index contributed by atoms with van der Waals surface area (Å²) in [5.74, 6) is -0.453. The topological polar surface area (TPSA) is 44.8 Å². The Kier molecular flexibility index (Phi) is 2.54. The molecule has 0 fully saturated rings. The van der Waals surface area contributed by atoms with Gasteiger partial charge in [0.25, 0.3) is 0 Å². The van der Waals surface area contributed by atoms with Crippen LogP contribution in [0, 0.1) is 0 Å². The van der Waals surface area contributed by atoms with Crippen molar-refractivity contribution in [1.29, 1.82) is 0 Å². The number of hydrogen-bond donors (Lipinski definition) is 0. The average Bonchev–Trinajstić information content (AvgIpc) is 2.07. The first kappa shape index (κ1) is 7.65. The molecule has 0 spiro atoms. The Morgan fingerprint density at radius 3 is 3.00 bits per heavy atom. The van der Waals surface area contributed by atoms with Crippen LogP contribution < -0.4 is 0 Å². The van der Waals surface area contributed by atoms with Crippen LogP contribution in [0.3, 0.4) is 0 Å². The van der Waals surface area contributed by atoms with E-state index in [0.29, 0.717) is 6.61 Å². The molecule has 11 heavy (non-hydrogen) atoms. The van der Waals surface area contributed by atoms with Gasteiger partial charge in [-0.15, -0.1) is 0 Å². The maximum Gasteiger partial charge on any atom is 0.377 e. The number of carbonyl (C=O) groups is 1. The molecule has 0 aromatic heterocycles. The Morgan fingerprint density at radius 2 is 2.45 bits per heavy atom. The van der Waals surface area contributed by atoms with Crippen molar-refractivity contribution < 1.29 is 19.0 Å². The molecule has 1 rings (SSSR count). The van der Waals surface area contributed by atoms with Crippen molar-refractivity contribution in [2.45, 2.75) is 6.92 Å². The molecule has 1 heterocycles. The van der Waals surface area contributed by atoms with Crippen LogP contribution in [0.25, 0.3) is 0 Å². The average molecular weight is 156 g/mol. The van der Waals surface area contributed by atoms with Gasteiger partial charge in [0.1, 0.15) is 18.8 Å². The molecule has 0 aromatic carbocycles. The lowest BCUT2D eigenvalue weighted by Gasteiger charge is -2.07. The maximum atomic E-state index is 10.9. The Morgan fingerprint density at radius 1 is 1.64 bits per heavy atom. The zero-order valence-corrected chi connectivity index (χ0v) is 6.07. The third-order valence-corrected chi connectivity index (χ3v) is 0.981. The van der Waals surface area contributed by atoms with Gasteiger partial charge in [0.2, 0.25) is 5.76 Å². The van der Waals surface area contributed by atoms with E-state index in [9.17, 15) is 4.79 Å². The molecule has 60 valence electrons. The van der Waals surface area contributed by atoms with Gasteiger partial charge in [-0.3, -0.25) is 0 Å². The molecule has 0 aliphatic carbocycles. The zero-order valence-electron chi connectivity index (χ0n) is 6.07. The number of carbonyl (C=O) groups excluding carboxylic acids is 1. The lowest BCUT2D eigenvalue weighted by atomic mass is 10.5. The molecule has 1 aliphatic heterocycles. The summed E-state index contributed by atoms with van der Waals surface area (Å²) in [7, 11) is 0. The van der Waals surface area contributed by atoms with E-state index in [4.69, 9.17) is 4.74 Å². The molecular formula is C7H8O4. The highest BCUT2D eigenvalue weighted by Gasteiger charge is 2.13. The van der Waals surface area contributed by atoms with E-state index in [1.54, 1.807) is 6.92 Å². The third kappa shape index (κ3) is 2.00. The lowest BCUT2D eigenvalue weighted by molar-refractivity contribution is -0.142. The first-order valence-electron chi connectivity index (χ1n) is 3.19. The molecule has 1 aliphatic rings. The Balaban J connectivity index is 2.46. The minimum Gasteiger partial charge on any atom is -0.465 e. The molecule has 0 saturated carbocycles. The molecule has 4 heteroatoms. The van der Waals surface area contributed by atoms with Gasteiger partial charge in [-0.25, -0.2) is 4.79 Å². The number of hydrogen-bond acceptors (Lipinski definition) is 4. The summed E-state index contributed by atoms with van der Waals surface area (Å²) in [6, 6.07) is 0. The van der Waals surface area contributed by atoms with E-state index in [1.165, 1.54) is 18.8 Å². The van der Waals surface area contributed by atoms with Gasteiger partial charge in [-0.1, -0.05) is 0 Å². The summed E-state index contributed by atoms with van der Waals surface area (Å²) in [5.41, 5.74) is 0. The van der Waals surface area contributed by atoms with Crippen molar-refractivity contribution in [3.63, 3.8) is 0 Å². The molecule has 4 nitrogen and oxygen atoms in total. The van der Waals surface area contributed by atoms with Crippen molar-refractivity contribution in [1.82, 2.24) is 0 Å². The fourth-order valence-corrected chi connectivity index (χ4v) is 0.560. The number of rotatable bonds is 2. The van der Waals surface area contributed by atoms with Gasteiger partial charge in [0.15, 0.2) is 0 Å². The van der Waals surface area contributed by atoms with Crippen molar-refractivity contribution in [2.75, 3.05) is 6.61 Å². The molecule has 0 unspecified atom stereocenters. The number of ether oxygens (including phenoxy) is 3. The molecule has 0 aromatic rings. The third-order valence-electron chi connectivity index (χ3n) is 0.981. The fraction of sp³-hybridized carbons (Fsp3) is 0.286. The van der Waals surface area contributed by atoms with Crippen LogP contribution in [0.5, 0.6) is 0 Å². The fourth-order valence-electron chi connectivity index (χ4n) is 0.560. The van der Waals surface area contributed by atoms with Crippen molar-refractivity contribution in [3.8, 4) is 0 Å². The first-order chi connectivity index (χ1) is 5.34. The van der Waals surface area contributed by atoms with E-state index in [-0.39, 0.29) is 5.76 Å². The van der Waals surface area contributed by atoms with Gasteiger partial charge < -0.3 is 14.2 Å². The minimum atomic E-state index is -0.517. The van der Waals surface area contributed by atoms with Crippen LogP contribution in [-0.2, 0) is 19.0 Å². The summed E-state index contributed by atoms with van der Waals surface area (Å²) < 4.78 is 14.1. The minimum absolute atomic E-state index is 0.0642. The highest BCUT2D eigenvalue weighted by molar-refractivity contribution is 5.86. The molecule has 0 N–H and O–H groups in total. The zero-order chi connectivity index (χ0) is 8.10. The van der Waals surface area contributed by atoms with Gasteiger partial charge in [-0.05, 0) is 6.92 Å². The van der Waals surface area contributed by atoms with Crippen molar-refractivity contribution in [3.05, 3.63) is 24.5 Å². The van der Waals surface area contributed by atoms with E-state index in [0.717, 1.165) is 0 Å². The van der Waals surface area contributed by atoms with Crippen molar-refractivity contribution in [2.24, 2.45) is 0 Å². The summed E-state index contributed by atoms with van der Waals surface area (Å²) in [6.07, 6.45) is 3.78. The summed E-state index contributed by atoms with van der Waals surface area (Å²) >= 11 is 0. The van der Waals surface area contributed by atoms with Gasteiger partial charge in [0.05, 0.1) is 6.61 Å². The smallest absolute Gasteiger partial charge is 0.377 e. The Bertz CT molecular complexity index is 204. The van der Waals surface area contributed by atoms with Crippen LogP contribution in [0.1, 0.15) is 6.92 Å². The predicted molar refractivity (Wildman–Crippen MR) is 36.0 cm³/mol. The largest absolute Gasteiger partial charge is 0.465 e. The molecule has 0 radical (unpaired) electrons. The first-order valence-corrected chi connectivity index (χ1v) is 3.19. The van der Waals surface area contributed by atoms with Gasteiger partial charge >= 0.3 is 5.97 Å². The van der Waals surface area contributed by atoms with E-state index in [2.05, 4.69) is 9.47 Å². The second kappa shape index (κ2) is 3.65. The standard InChI is InChI=1S/C7H8O4/c1-2-10-7(8)6-5-9-3-4-11-6/h3-5H,2H2,1H3. The van der Waals surface area contributed by atoms with Crippen LogP contribution >= 0.6 is 0 Å². The normalized spacial score (nSPS) is 14.5. The maximum absolute atomic E-state index is 10.9. The molecular weight excluding hydrogens is 148 g/mol. The molecule has 0 amide bonds. The number of esters is 1. The van der Waals surface area contributed by atoms with E-state index >= 15 is 0 Å². The highest BCUT2D eigenvalue weighted by Crippen LogP contribution is 2.06. The van der Waals surface area contributed by atoms with Gasteiger partial charge in [0, 0.05) is 0 Å². The summed E-state index contributed by atoms with van der Waals surface area (Å²) in [4.78, 5) is 10.9. The molecule has 0 bridgehead atoms. The van der Waals surface area contributed by atoms with Crippen molar-refractivity contribution >= 4 is 5.97 Å². The quantitative estimate of drug-likeness (QED) is 0.557. The second-order valence-electron chi connectivity index (χ2n) is 1.73. The molecule has 0 saturated heterocycles. The van der Waals surface area contributed by atoms with Crippen LogP contribution in [0.2, 0.25) is 0 Å². The summed E-state index contributed by atoms with van der Waals surface area (Å²) in [6.45, 7) is 2.04. The Labute approximate surface area is 64.0 Å². The van der Waals surface area contributed by atoms with Crippen LogP contribution in [-0.4, -0.2) is 12.6 Å². The van der Waals surface area contributed by atoms with E-state index in [1.807, 2.05) is 0 Å². The highest BCUT2D eigenvalue weighted by atomic mass is 16.6. The van der Waals surface area contributed by atoms with E-state index < -0.39 is 5.97 Å². The molecule has 0 atom stereocenters. The lowest BCUT2D eigenvalue weighted by Crippen LogP contribution is -2.10. The SMILES string of the molecule is CCOC(=O)C1=COC=CO1. The predicted octanol–water partition coefficient (Wildman–Crippen LogP) is 0.909. The van der Waals surface area contributed by atoms with Gasteiger partial charge in [-0.2, -0.15) is 0 Å².